The summed E-state index contributed by atoms with van der Waals surface area (Å²) in [6.45, 7) is 0. The Morgan fingerprint density at radius 3 is 2.85 bits per heavy atom. The molecule has 0 aliphatic carbocycles. The molecule has 1 aromatic heterocycles. The minimum atomic E-state index is -1.07. The van der Waals surface area contributed by atoms with E-state index in [-0.39, 0.29) is 0 Å². The number of aromatic nitrogens is 1. The summed E-state index contributed by atoms with van der Waals surface area (Å²) in [4.78, 5) is 15.4. The van der Waals surface area contributed by atoms with Crippen molar-refractivity contribution in [2.24, 2.45) is 0 Å². The van der Waals surface area contributed by atoms with Gasteiger partial charge in [-0.05, 0) is 36.6 Å². The number of carbonyl (C=O) groups is 1. The Labute approximate surface area is 118 Å². The Balaban J connectivity index is 2.05. The standard InChI is InChI=1S/C16H17NO3/c1-20-16(19)15(18)9-8-12-5-4-6-13(11-12)14-7-2-3-10-17-14/h2-7,10-11,15,18H,8-9H2,1H3. The topological polar surface area (TPSA) is 59.4 Å². The van der Waals surface area contributed by atoms with Crippen LogP contribution in [0.3, 0.4) is 0 Å². The molecule has 4 nitrogen and oxygen atoms in total. The highest BCUT2D eigenvalue weighted by Crippen LogP contribution is 2.18. The lowest BCUT2D eigenvalue weighted by molar-refractivity contribution is -0.150. The third-order valence-corrected chi connectivity index (χ3v) is 3.07. The number of carbonyl (C=O) groups excluding carboxylic acids is 1. The molecule has 0 saturated heterocycles. The van der Waals surface area contributed by atoms with E-state index in [2.05, 4.69) is 9.72 Å². The van der Waals surface area contributed by atoms with Gasteiger partial charge in [-0.1, -0.05) is 24.3 Å². The van der Waals surface area contributed by atoms with Gasteiger partial charge in [-0.25, -0.2) is 4.79 Å². The fraction of sp³-hybridized carbons (Fsp3) is 0.250. The van der Waals surface area contributed by atoms with Gasteiger partial charge in [0.25, 0.3) is 0 Å². The highest BCUT2D eigenvalue weighted by atomic mass is 16.5. The number of hydrogen-bond acceptors (Lipinski definition) is 4. The van der Waals surface area contributed by atoms with Crippen molar-refractivity contribution >= 4 is 5.97 Å². The van der Waals surface area contributed by atoms with Crippen molar-refractivity contribution in [3.05, 3.63) is 54.2 Å². The van der Waals surface area contributed by atoms with E-state index in [9.17, 15) is 9.90 Å². The van der Waals surface area contributed by atoms with Crippen LogP contribution in [0.1, 0.15) is 12.0 Å². The zero-order valence-electron chi connectivity index (χ0n) is 11.3. The first-order chi connectivity index (χ1) is 9.70. The molecule has 0 amide bonds. The molecule has 0 radical (unpaired) electrons. The molecule has 0 spiro atoms. The number of ether oxygens (including phenoxy) is 1. The van der Waals surface area contributed by atoms with Crippen LogP contribution in [0.5, 0.6) is 0 Å². The van der Waals surface area contributed by atoms with Crippen LogP contribution in [0, 0.1) is 0 Å². The molecule has 0 aliphatic heterocycles. The van der Waals surface area contributed by atoms with Crippen molar-refractivity contribution in [1.82, 2.24) is 4.98 Å². The number of nitrogens with zero attached hydrogens (tertiary/aromatic N) is 1. The molecule has 1 heterocycles. The van der Waals surface area contributed by atoms with Crippen LogP contribution in [0.2, 0.25) is 0 Å². The summed E-state index contributed by atoms with van der Waals surface area (Å²) in [7, 11) is 1.27. The maximum absolute atomic E-state index is 11.1. The summed E-state index contributed by atoms with van der Waals surface area (Å²) in [5, 5.41) is 9.58. The summed E-state index contributed by atoms with van der Waals surface area (Å²) in [6.07, 6.45) is 1.64. The quantitative estimate of drug-likeness (QED) is 0.847. The van der Waals surface area contributed by atoms with Gasteiger partial charge in [0.2, 0.25) is 0 Å². The zero-order chi connectivity index (χ0) is 14.4. The van der Waals surface area contributed by atoms with Crippen LogP contribution in [0.25, 0.3) is 11.3 Å². The number of esters is 1. The van der Waals surface area contributed by atoms with E-state index in [1.165, 1.54) is 7.11 Å². The third-order valence-electron chi connectivity index (χ3n) is 3.07. The number of aliphatic hydroxyl groups excluding tert-OH is 1. The molecule has 20 heavy (non-hydrogen) atoms. The second kappa shape index (κ2) is 6.82. The number of aliphatic hydroxyl groups is 1. The van der Waals surface area contributed by atoms with Gasteiger partial charge >= 0.3 is 5.97 Å². The first-order valence-corrected chi connectivity index (χ1v) is 6.47. The lowest BCUT2D eigenvalue weighted by Crippen LogP contribution is -2.22. The van der Waals surface area contributed by atoms with Gasteiger partial charge in [0.1, 0.15) is 0 Å². The van der Waals surface area contributed by atoms with Crippen LogP contribution < -0.4 is 0 Å². The lowest BCUT2D eigenvalue weighted by Gasteiger charge is -2.09. The summed E-state index contributed by atoms with van der Waals surface area (Å²) >= 11 is 0. The maximum Gasteiger partial charge on any atom is 0.334 e. The van der Waals surface area contributed by atoms with Crippen LogP contribution in [0.15, 0.2) is 48.7 Å². The smallest absolute Gasteiger partial charge is 0.334 e. The second-order valence-electron chi connectivity index (χ2n) is 4.49. The van der Waals surface area contributed by atoms with E-state index in [0.717, 1.165) is 16.8 Å². The first-order valence-electron chi connectivity index (χ1n) is 6.47. The number of aryl methyl sites for hydroxylation is 1. The van der Waals surface area contributed by atoms with E-state index in [1.807, 2.05) is 42.5 Å². The molecule has 0 saturated carbocycles. The predicted octanol–water partition coefficient (Wildman–Crippen LogP) is 2.22. The van der Waals surface area contributed by atoms with Crippen LogP contribution in [-0.4, -0.2) is 29.3 Å². The van der Waals surface area contributed by atoms with Gasteiger partial charge in [0.15, 0.2) is 6.10 Å². The molecule has 1 aromatic carbocycles. The molecule has 1 atom stereocenters. The minimum Gasteiger partial charge on any atom is -0.467 e. The van der Waals surface area contributed by atoms with Crippen molar-refractivity contribution in [2.45, 2.75) is 18.9 Å². The van der Waals surface area contributed by atoms with E-state index >= 15 is 0 Å². The predicted molar refractivity (Wildman–Crippen MR) is 76.0 cm³/mol. The van der Waals surface area contributed by atoms with E-state index in [4.69, 9.17) is 0 Å². The SMILES string of the molecule is COC(=O)C(O)CCc1cccc(-c2ccccn2)c1. The molecule has 4 heteroatoms. The third kappa shape index (κ3) is 3.65. The zero-order valence-corrected chi connectivity index (χ0v) is 11.3. The minimum absolute atomic E-state index is 0.346. The molecular formula is C16H17NO3. The average Bonchev–Trinajstić information content (AvgIpc) is 2.53. The summed E-state index contributed by atoms with van der Waals surface area (Å²) in [6, 6.07) is 13.7. The van der Waals surface area contributed by atoms with Gasteiger partial charge in [-0.3, -0.25) is 4.98 Å². The van der Waals surface area contributed by atoms with Crippen molar-refractivity contribution in [2.75, 3.05) is 7.11 Å². The Hall–Kier alpha value is -2.20. The van der Waals surface area contributed by atoms with E-state index < -0.39 is 12.1 Å². The van der Waals surface area contributed by atoms with E-state index in [1.54, 1.807) is 6.20 Å². The van der Waals surface area contributed by atoms with Crippen molar-refractivity contribution in [1.29, 1.82) is 0 Å². The van der Waals surface area contributed by atoms with Gasteiger partial charge in [0.05, 0.1) is 12.8 Å². The molecule has 0 aliphatic rings. The Morgan fingerprint density at radius 1 is 1.30 bits per heavy atom. The Bertz CT molecular complexity index is 569. The average molecular weight is 271 g/mol. The Kier molecular flexibility index (Phi) is 4.85. The number of methoxy groups -OCH3 is 1. The second-order valence-corrected chi connectivity index (χ2v) is 4.49. The number of rotatable bonds is 5. The molecule has 2 rings (SSSR count). The van der Waals surface area contributed by atoms with E-state index in [0.29, 0.717) is 12.8 Å². The molecule has 0 fully saturated rings. The number of benzene rings is 1. The summed E-state index contributed by atoms with van der Waals surface area (Å²) in [5.41, 5.74) is 2.98. The van der Waals surface area contributed by atoms with Gasteiger partial charge in [-0.15, -0.1) is 0 Å². The van der Waals surface area contributed by atoms with Gasteiger partial charge in [0, 0.05) is 11.8 Å². The highest BCUT2D eigenvalue weighted by molar-refractivity contribution is 5.74. The summed E-state index contributed by atoms with van der Waals surface area (Å²) in [5.74, 6) is -0.592. The lowest BCUT2D eigenvalue weighted by atomic mass is 10.0. The van der Waals surface area contributed by atoms with Crippen molar-refractivity contribution in [3.63, 3.8) is 0 Å². The number of hydrogen-bond donors (Lipinski definition) is 1. The molecule has 1 N–H and O–H groups in total. The van der Waals surface area contributed by atoms with Gasteiger partial charge in [-0.2, -0.15) is 0 Å². The molecule has 1 unspecified atom stereocenters. The molecular weight excluding hydrogens is 254 g/mol. The number of pyridine rings is 1. The van der Waals surface area contributed by atoms with Crippen molar-refractivity contribution < 1.29 is 14.6 Å². The molecule has 2 aromatic rings. The van der Waals surface area contributed by atoms with Gasteiger partial charge < -0.3 is 9.84 Å². The van der Waals surface area contributed by atoms with Crippen LogP contribution >= 0.6 is 0 Å². The molecule has 104 valence electrons. The first kappa shape index (κ1) is 14.2. The maximum atomic E-state index is 11.1. The van der Waals surface area contributed by atoms with Crippen LogP contribution in [-0.2, 0) is 16.0 Å². The fourth-order valence-corrected chi connectivity index (χ4v) is 1.98. The largest absolute Gasteiger partial charge is 0.467 e. The monoisotopic (exact) mass is 271 g/mol. The fourth-order valence-electron chi connectivity index (χ4n) is 1.98. The highest BCUT2D eigenvalue weighted by Gasteiger charge is 2.14. The van der Waals surface area contributed by atoms with Crippen LogP contribution in [0.4, 0.5) is 0 Å². The normalized spacial score (nSPS) is 11.9. The molecule has 0 bridgehead atoms. The Morgan fingerprint density at radius 2 is 2.15 bits per heavy atom. The summed E-state index contributed by atoms with van der Waals surface area (Å²) < 4.78 is 4.49. The van der Waals surface area contributed by atoms with Crippen molar-refractivity contribution in [3.8, 4) is 11.3 Å².